The second-order valence-corrected chi connectivity index (χ2v) is 3.81. The molecule has 0 unspecified atom stereocenters. The standard InChI is InChI=1S/C13H12N2O3/c1-9-7-12(17-14-9)5-3-11(16)4-6-13-8-10(2)15-18-13/h3-8H,1-2H3. The van der Waals surface area contributed by atoms with Gasteiger partial charge in [0.15, 0.2) is 17.3 Å². The molecule has 2 rings (SSSR count). The van der Waals surface area contributed by atoms with E-state index in [0.717, 1.165) is 11.4 Å². The molecule has 0 fully saturated rings. The normalized spacial score (nSPS) is 11.7. The third-order valence-corrected chi connectivity index (χ3v) is 2.12. The summed E-state index contributed by atoms with van der Waals surface area (Å²) < 4.78 is 9.88. The van der Waals surface area contributed by atoms with Gasteiger partial charge in [0, 0.05) is 12.1 Å². The highest BCUT2D eigenvalue weighted by atomic mass is 16.5. The van der Waals surface area contributed by atoms with Gasteiger partial charge in [0.25, 0.3) is 0 Å². The summed E-state index contributed by atoms with van der Waals surface area (Å²) in [6.07, 6.45) is 5.94. The lowest BCUT2D eigenvalue weighted by Gasteiger charge is -1.82. The van der Waals surface area contributed by atoms with Crippen LogP contribution in [0.1, 0.15) is 22.9 Å². The van der Waals surface area contributed by atoms with Crippen LogP contribution in [-0.4, -0.2) is 16.1 Å². The zero-order valence-corrected chi connectivity index (χ0v) is 10.1. The molecule has 18 heavy (non-hydrogen) atoms. The number of carbonyl (C=O) groups is 1. The highest BCUT2D eigenvalue weighted by molar-refractivity contribution is 6.04. The van der Waals surface area contributed by atoms with Gasteiger partial charge in [-0.05, 0) is 38.2 Å². The van der Waals surface area contributed by atoms with Gasteiger partial charge in [-0.2, -0.15) is 0 Å². The predicted octanol–water partition coefficient (Wildman–Crippen LogP) is 2.58. The predicted molar refractivity (Wildman–Crippen MR) is 65.6 cm³/mol. The lowest BCUT2D eigenvalue weighted by molar-refractivity contribution is -0.110. The van der Waals surface area contributed by atoms with Crippen molar-refractivity contribution in [3.63, 3.8) is 0 Å². The fourth-order valence-corrected chi connectivity index (χ4v) is 1.31. The molecule has 0 bridgehead atoms. The van der Waals surface area contributed by atoms with E-state index < -0.39 is 0 Å². The van der Waals surface area contributed by atoms with Gasteiger partial charge in [-0.1, -0.05) is 10.3 Å². The van der Waals surface area contributed by atoms with Crippen LogP contribution in [0.25, 0.3) is 12.2 Å². The van der Waals surface area contributed by atoms with Crippen LogP contribution in [0.2, 0.25) is 0 Å². The number of carbonyl (C=O) groups excluding carboxylic acids is 1. The Balaban J connectivity index is 1.96. The molecule has 0 saturated heterocycles. The molecule has 0 N–H and O–H groups in total. The molecule has 0 aromatic carbocycles. The van der Waals surface area contributed by atoms with Gasteiger partial charge < -0.3 is 9.05 Å². The second-order valence-electron chi connectivity index (χ2n) is 3.81. The van der Waals surface area contributed by atoms with Crippen LogP contribution in [0, 0.1) is 13.8 Å². The van der Waals surface area contributed by atoms with Crippen molar-refractivity contribution < 1.29 is 13.8 Å². The van der Waals surface area contributed by atoms with Crippen molar-refractivity contribution in [1.29, 1.82) is 0 Å². The summed E-state index contributed by atoms with van der Waals surface area (Å²) in [6.45, 7) is 3.63. The fraction of sp³-hybridized carbons (Fsp3) is 0.154. The lowest BCUT2D eigenvalue weighted by Crippen LogP contribution is -1.83. The van der Waals surface area contributed by atoms with Gasteiger partial charge in [0.2, 0.25) is 0 Å². The molecule has 2 heterocycles. The smallest absolute Gasteiger partial charge is 0.178 e. The summed E-state index contributed by atoms with van der Waals surface area (Å²) in [5.74, 6) is 0.924. The monoisotopic (exact) mass is 244 g/mol. The van der Waals surface area contributed by atoms with Gasteiger partial charge in [-0.15, -0.1) is 0 Å². The summed E-state index contributed by atoms with van der Waals surface area (Å²) in [6, 6.07) is 3.49. The van der Waals surface area contributed by atoms with E-state index in [0.29, 0.717) is 11.5 Å². The van der Waals surface area contributed by atoms with Gasteiger partial charge in [-0.3, -0.25) is 4.79 Å². The number of ketones is 1. The molecule has 0 aliphatic rings. The third-order valence-electron chi connectivity index (χ3n) is 2.12. The van der Waals surface area contributed by atoms with E-state index in [1.807, 2.05) is 13.8 Å². The van der Waals surface area contributed by atoms with Crippen LogP contribution in [-0.2, 0) is 4.79 Å². The number of nitrogens with zero attached hydrogens (tertiary/aromatic N) is 2. The van der Waals surface area contributed by atoms with Crippen LogP contribution in [0.15, 0.2) is 33.3 Å². The van der Waals surface area contributed by atoms with Crippen LogP contribution in [0.5, 0.6) is 0 Å². The first-order valence-electron chi connectivity index (χ1n) is 5.40. The summed E-state index contributed by atoms with van der Waals surface area (Å²) in [4.78, 5) is 11.5. The van der Waals surface area contributed by atoms with Gasteiger partial charge in [0.05, 0.1) is 11.4 Å². The SMILES string of the molecule is Cc1cc(C=CC(=O)C=Cc2cc(C)no2)on1. The molecular weight excluding hydrogens is 232 g/mol. The number of rotatable bonds is 4. The van der Waals surface area contributed by atoms with E-state index in [1.165, 1.54) is 12.2 Å². The highest BCUT2D eigenvalue weighted by Gasteiger charge is 1.98. The van der Waals surface area contributed by atoms with Crippen molar-refractivity contribution >= 4 is 17.9 Å². The van der Waals surface area contributed by atoms with E-state index in [1.54, 1.807) is 24.3 Å². The minimum atomic E-state index is -0.168. The summed E-state index contributed by atoms with van der Waals surface area (Å²) >= 11 is 0. The van der Waals surface area contributed by atoms with Crippen molar-refractivity contribution in [2.45, 2.75) is 13.8 Å². The van der Waals surface area contributed by atoms with E-state index in [-0.39, 0.29) is 5.78 Å². The Kier molecular flexibility index (Phi) is 3.52. The van der Waals surface area contributed by atoms with Crippen molar-refractivity contribution in [2.24, 2.45) is 0 Å². The Morgan fingerprint density at radius 1 is 1.00 bits per heavy atom. The van der Waals surface area contributed by atoms with E-state index in [2.05, 4.69) is 10.3 Å². The topological polar surface area (TPSA) is 69.1 Å². The maximum absolute atomic E-state index is 11.5. The first-order chi connectivity index (χ1) is 8.63. The van der Waals surface area contributed by atoms with Gasteiger partial charge in [-0.25, -0.2) is 0 Å². The Hall–Kier alpha value is -2.43. The maximum atomic E-state index is 11.5. The molecule has 5 heteroatoms. The number of hydrogen-bond acceptors (Lipinski definition) is 5. The van der Waals surface area contributed by atoms with Crippen LogP contribution < -0.4 is 0 Å². The molecule has 2 aromatic rings. The molecule has 0 amide bonds. The number of aryl methyl sites for hydroxylation is 2. The lowest BCUT2D eigenvalue weighted by atomic mass is 10.2. The second kappa shape index (κ2) is 5.27. The largest absolute Gasteiger partial charge is 0.357 e. The number of allylic oxidation sites excluding steroid dienone is 2. The van der Waals surface area contributed by atoms with Crippen molar-refractivity contribution in [3.05, 3.63) is 47.2 Å². The number of aromatic nitrogens is 2. The molecule has 92 valence electrons. The third kappa shape index (κ3) is 3.28. The van der Waals surface area contributed by atoms with E-state index in [4.69, 9.17) is 9.05 Å². The summed E-state index contributed by atoms with van der Waals surface area (Å²) in [5.41, 5.74) is 1.55. The molecule has 0 saturated carbocycles. The maximum Gasteiger partial charge on any atom is 0.178 e. The first kappa shape index (κ1) is 12.0. The average molecular weight is 244 g/mol. The molecule has 0 radical (unpaired) electrons. The zero-order chi connectivity index (χ0) is 13.0. The molecule has 0 atom stereocenters. The minimum absolute atomic E-state index is 0.168. The molecular formula is C13H12N2O3. The van der Waals surface area contributed by atoms with Crippen LogP contribution >= 0.6 is 0 Å². The average Bonchev–Trinajstić information content (AvgIpc) is 2.93. The molecule has 0 aliphatic heterocycles. The summed E-state index contributed by atoms with van der Waals surface area (Å²) in [7, 11) is 0. The molecule has 2 aromatic heterocycles. The van der Waals surface area contributed by atoms with Crippen LogP contribution in [0.3, 0.4) is 0 Å². The number of hydrogen-bond donors (Lipinski definition) is 0. The highest BCUT2D eigenvalue weighted by Crippen LogP contribution is 2.06. The zero-order valence-electron chi connectivity index (χ0n) is 10.1. The van der Waals surface area contributed by atoms with Crippen LogP contribution in [0.4, 0.5) is 0 Å². The molecule has 5 nitrogen and oxygen atoms in total. The summed E-state index contributed by atoms with van der Waals surface area (Å²) in [5, 5.41) is 7.42. The first-order valence-corrected chi connectivity index (χ1v) is 5.40. The molecule has 0 aliphatic carbocycles. The fourth-order valence-electron chi connectivity index (χ4n) is 1.31. The van der Waals surface area contributed by atoms with Crippen molar-refractivity contribution in [3.8, 4) is 0 Å². The Labute approximate surface area is 104 Å². The Morgan fingerprint density at radius 2 is 1.44 bits per heavy atom. The van der Waals surface area contributed by atoms with Gasteiger partial charge in [0.1, 0.15) is 0 Å². The van der Waals surface area contributed by atoms with Crippen molar-refractivity contribution in [1.82, 2.24) is 10.3 Å². The quantitative estimate of drug-likeness (QED) is 0.773. The molecule has 0 spiro atoms. The van der Waals surface area contributed by atoms with E-state index >= 15 is 0 Å². The van der Waals surface area contributed by atoms with E-state index in [9.17, 15) is 4.79 Å². The Morgan fingerprint density at radius 3 is 1.78 bits per heavy atom. The van der Waals surface area contributed by atoms with Gasteiger partial charge >= 0.3 is 0 Å². The Bertz CT molecular complexity index is 553. The minimum Gasteiger partial charge on any atom is -0.357 e. The van der Waals surface area contributed by atoms with Crippen molar-refractivity contribution in [2.75, 3.05) is 0 Å².